The maximum atomic E-state index is 12.2. The van der Waals surface area contributed by atoms with Crippen molar-refractivity contribution in [3.05, 3.63) is 77.0 Å². The van der Waals surface area contributed by atoms with Crippen molar-refractivity contribution in [1.29, 1.82) is 0 Å². The Balaban J connectivity index is 1.57. The normalized spacial score (nSPS) is 10.9. The molecule has 1 heterocycles. The fourth-order valence-electron chi connectivity index (χ4n) is 2.34. The van der Waals surface area contributed by atoms with Gasteiger partial charge < -0.3 is 10.1 Å². The molecule has 27 heavy (non-hydrogen) atoms. The molecule has 0 saturated heterocycles. The standard InChI is InChI=1S/C20H18BrN3O2S/c1-26-19-9-8-16(21)11-15(19)7-10-20(25)23-17-12-22-24(13-17)14-27-18-5-3-2-4-6-18/h2-13H,14H2,1H3,(H,23,25). The fourth-order valence-corrected chi connectivity index (χ4v) is 3.49. The van der Waals surface area contributed by atoms with Crippen molar-refractivity contribution in [2.24, 2.45) is 0 Å². The number of benzene rings is 2. The van der Waals surface area contributed by atoms with Crippen LogP contribution in [0.25, 0.3) is 6.08 Å². The summed E-state index contributed by atoms with van der Waals surface area (Å²) in [4.78, 5) is 13.3. The molecule has 138 valence electrons. The van der Waals surface area contributed by atoms with Gasteiger partial charge in [-0.1, -0.05) is 34.1 Å². The van der Waals surface area contributed by atoms with Gasteiger partial charge in [-0.3, -0.25) is 9.48 Å². The van der Waals surface area contributed by atoms with Crippen LogP contribution in [0.5, 0.6) is 5.75 Å². The Morgan fingerprint density at radius 1 is 1.30 bits per heavy atom. The van der Waals surface area contributed by atoms with Gasteiger partial charge in [0.2, 0.25) is 5.91 Å². The van der Waals surface area contributed by atoms with Crippen LogP contribution in [-0.4, -0.2) is 22.8 Å². The SMILES string of the molecule is COc1ccc(Br)cc1C=CC(=O)Nc1cnn(CSc2ccccc2)c1. The first-order chi connectivity index (χ1) is 13.1. The van der Waals surface area contributed by atoms with Gasteiger partial charge in [-0.25, -0.2) is 0 Å². The first kappa shape index (κ1) is 19.3. The number of hydrogen-bond acceptors (Lipinski definition) is 4. The Hall–Kier alpha value is -2.51. The predicted molar refractivity (Wildman–Crippen MR) is 113 cm³/mol. The molecule has 0 radical (unpaired) electrons. The van der Waals surface area contributed by atoms with Gasteiger partial charge in [0, 0.05) is 27.2 Å². The number of ether oxygens (including phenoxy) is 1. The molecule has 5 nitrogen and oxygen atoms in total. The first-order valence-corrected chi connectivity index (χ1v) is 9.95. The number of amides is 1. The minimum absolute atomic E-state index is 0.229. The molecule has 0 aliphatic rings. The van der Waals surface area contributed by atoms with E-state index in [0.717, 1.165) is 10.0 Å². The topological polar surface area (TPSA) is 56.1 Å². The monoisotopic (exact) mass is 443 g/mol. The Bertz CT molecular complexity index is 941. The number of carbonyl (C=O) groups is 1. The number of aromatic nitrogens is 2. The number of carbonyl (C=O) groups excluding carboxylic acids is 1. The van der Waals surface area contributed by atoms with Crippen LogP contribution in [0.2, 0.25) is 0 Å². The molecule has 3 rings (SSSR count). The summed E-state index contributed by atoms with van der Waals surface area (Å²) in [7, 11) is 1.60. The third-order valence-electron chi connectivity index (χ3n) is 3.61. The van der Waals surface area contributed by atoms with E-state index in [9.17, 15) is 4.79 Å². The van der Waals surface area contributed by atoms with E-state index in [1.54, 1.807) is 42.0 Å². The van der Waals surface area contributed by atoms with E-state index in [-0.39, 0.29) is 5.91 Å². The molecule has 0 fully saturated rings. The smallest absolute Gasteiger partial charge is 0.248 e. The third kappa shape index (κ3) is 5.74. The van der Waals surface area contributed by atoms with Crippen molar-refractivity contribution in [1.82, 2.24) is 9.78 Å². The molecule has 0 spiro atoms. The Morgan fingerprint density at radius 2 is 2.11 bits per heavy atom. The van der Waals surface area contributed by atoms with Gasteiger partial charge in [-0.2, -0.15) is 5.10 Å². The second-order valence-electron chi connectivity index (χ2n) is 5.56. The van der Waals surface area contributed by atoms with Crippen molar-refractivity contribution in [2.45, 2.75) is 10.8 Å². The number of nitrogens with one attached hydrogen (secondary N) is 1. The summed E-state index contributed by atoms with van der Waals surface area (Å²) in [5, 5.41) is 7.08. The van der Waals surface area contributed by atoms with Crippen LogP contribution in [0.3, 0.4) is 0 Å². The molecular formula is C20H18BrN3O2S. The van der Waals surface area contributed by atoms with Gasteiger partial charge >= 0.3 is 0 Å². The van der Waals surface area contributed by atoms with Gasteiger partial charge in [-0.15, -0.1) is 11.8 Å². The molecular weight excluding hydrogens is 426 g/mol. The van der Waals surface area contributed by atoms with E-state index >= 15 is 0 Å². The summed E-state index contributed by atoms with van der Waals surface area (Å²) in [5.41, 5.74) is 1.47. The minimum atomic E-state index is -0.229. The molecule has 0 aliphatic heterocycles. The second-order valence-corrected chi connectivity index (χ2v) is 7.50. The summed E-state index contributed by atoms with van der Waals surface area (Å²) < 4.78 is 8.00. The molecule has 0 atom stereocenters. The van der Waals surface area contributed by atoms with Crippen LogP contribution < -0.4 is 10.1 Å². The average molecular weight is 444 g/mol. The van der Waals surface area contributed by atoms with E-state index in [0.29, 0.717) is 17.3 Å². The largest absolute Gasteiger partial charge is 0.496 e. The van der Waals surface area contributed by atoms with Crippen molar-refractivity contribution in [3.8, 4) is 5.75 Å². The van der Waals surface area contributed by atoms with Crippen molar-refractivity contribution in [3.63, 3.8) is 0 Å². The Kier molecular flexibility index (Phi) is 6.73. The minimum Gasteiger partial charge on any atom is -0.496 e. The van der Waals surface area contributed by atoms with E-state index in [1.165, 1.54) is 11.0 Å². The molecule has 3 aromatic rings. The zero-order chi connectivity index (χ0) is 19.1. The fraction of sp³-hybridized carbons (Fsp3) is 0.100. The maximum Gasteiger partial charge on any atom is 0.248 e. The highest BCUT2D eigenvalue weighted by atomic mass is 79.9. The van der Waals surface area contributed by atoms with Crippen molar-refractivity contribution in [2.75, 3.05) is 12.4 Å². The van der Waals surface area contributed by atoms with Crippen molar-refractivity contribution >= 4 is 45.4 Å². The summed E-state index contributed by atoms with van der Waals surface area (Å²) in [6, 6.07) is 15.7. The van der Waals surface area contributed by atoms with Crippen LogP contribution in [0.1, 0.15) is 5.56 Å². The summed E-state index contributed by atoms with van der Waals surface area (Å²) in [6.45, 7) is 0. The zero-order valence-corrected chi connectivity index (χ0v) is 17.0. The van der Waals surface area contributed by atoms with Crippen molar-refractivity contribution < 1.29 is 9.53 Å². The van der Waals surface area contributed by atoms with E-state index < -0.39 is 0 Å². The number of rotatable bonds is 7. The quantitative estimate of drug-likeness (QED) is 0.409. The Morgan fingerprint density at radius 3 is 2.89 bits per heavy atom. The first-order valence-electron chi connectivity index (χ1n) is 8.17. The van der Waals surface area contributed by atoms with E-state index in [2.05, 4.69) is 38.5 Å². The lowest BCUT2D eigenvalue weighted by Gasteiger charge is -2.05. The predicted octanol–water partition coefficient (Wildman–Crippen LogP) is 5.06. The van der Waals surface area contributed by atoms with Crippen LogP contribution in [-0.2, 0) is 10.7 Å². The lowest BCUT2D eigenvalue weighted by atomic mass is 10.2. The highest BCUT2D eigenvalue weighted by Gasteiger charge is 2.04. The lowest BCUT2D eigenvalue weighted by Crippen LogP contribution is -2.07. The molecule has 0 bridgehead atoms. The van der Waals surface area contributed by atoms with Crippen LogP contribution in [0.15, 0.2) is 76.4 Å². The summed E-state index contributed by atoms with van der Waals surface area (Å²) >= 11 is 5.09. The summed E-state index contributed by atoms with van der Waals surface area (Å²) in [5.74, 6) is 1.14. The number of hydrogen-bond donors (Lipinski definition) is 1. The molecule has 1 aromatic heterocycles. The van der Waals surface area contributed by atoms with Gasteiger partial charge in [0.05, 0.1) is 24.9 Å². The molecule has 2 aromatic carbocycles. The van der Waals surface area contributed by atoms with Crippen LogP contribution >= 0.6 is 27.7 Å². The number of anilines is 1. The molecule has 0 saturated carbocycles. The maximum absolute atomic E-state index is 12.2. The number of thioether (sulfide) groups is 1. The highest BCUT2D eigenvalue weighted by Crippen LogP contribution is 2.24. The van der Waals surface area contributed by atoms with Crippen LogP contribution in [0.4, 0.5) is 5.69 Å². The molecule has 1 N–H and O–H groups in total. The van der Waals surface area contributed by atoms with Gasteiger partial charge in [0.25, 0.3) is 0 Å². The average Bonchev–Trinajstić information content (AvgIpc) is 3.13. The number of nitrogens with zero attached hydrogens (tertiary/aromatic N) is 2. The zero-order valence-electron chi connectivity index (χ0n) is 14.6. The van der Waals surface area contributed by atoms with Gasteiger partial charge in [-0.05, 0) is 36.4 Å². The molecule has 0 aliphatic carbocycles. The third-order valence-corrected chi connectivity index (χ3v) is 5.11. The second kappa shape index (κ2) is 9.43. The van der Waals surface area contributed by atoms with Gasteiger partial charge in [0.15, 0.2) is 0 Å². The van der Waals surface area contributed by atoms with E-state index in [4.69, 9.17) is 4.74 Å². The van der Waals surface area contributed by atoms with Gasteiger partial charge in [0.1, 0.15) is 5.75 Å². The Labute approximate surface area is 170 Å². The lowest BCUT2D eigenvalue weighted by molar-refractivity contribution is -0.111. The summed E-state index contributed by atoms with van der Waals surface area (Å²) in [6.07, 6.45) is 6.63. The highest BCUT2D eigenvalue weighted by molar-refractivity contribution is 9.10. The molecule has 1 amide bonds. The number of halogens is 1. The molecule has 7 heteroatoms. The van der Waals surface area contributed by atoms with E-state index in [1.807, 2.05) is 36.4 Å². The molecule has 0 unspecified atom stereocenters. The number of methoxy groups -OCH3 is 1. The van der Waals surface area contributed by atoms with Crippen LogP contribution in [0, 0.1) is 0 Å².